The van der Waals surface area contributed by atoms with Crippen LogP contribution in [0, 0.1) is 13.8 Å². The summed E-state index contributed by atoms with van der Waals surface area (Å²) in [6, 6.07) is 67.9. The van der Waals surface area contributed by atoms with Crippen LogP contribution in [0.4, 0.5) is 0 Å². The van der Waals surface area contributed by atoms with Gasteiger partial charge in [-0.15, -0.1) is 22.7 Å². The summed E-state index contributed by atoms with van der Waals surface area (Å²) in [5, 5.41) is 5.23. The lowest BCUT2D eigenvalue weighted by atomic mass is 9.65. The summed E-state index contributed by atoms with van der Waals surface area (Å²) >= 11 is 3.81. The second-order valence-electron chi connectivity index (χ2n) is 14.1. The smallest absolute Gasteiger partial charge is 0.0702 e. The van der Waals surface area contributed by atoms with E-state index in [0.717, 1.165) is 0 Å². The summed E-state index contributed by atoms with van der Waals surface area (Å²) in [4.78, 5) is 0. The van der Waals surface area contributed by atoms with Crippen molar-refractivity contribution in [1.82, 2.24) is 0 Å². The van der Waals surface area contributed by atoms with Gasteiger partial charge in [-0.05, 0) is 93.7 Å². The zero-order valence-electron chi connectivity index (χ0n) is 29.6. The summed E-state index contributed by atoms with van der Waals surface area (Å²) in [5.74, 6) is 0. The molecule has 0 spiro atoms. The van der Waals surface area contributed by atoms with E-state index in [2.05, 4.69) is 196 Å². The Morgan fingerprint density at radius 3 is 1.15 bits per heavy atom. The fourth-order valence-corrected chi connectivity index (χ4v) is 11.0. The van der Waals surface area contributed by atoms with Gasteiger partial charge in [0.1, 0.15) is 0 Å². The molecule has 53 heavy (non-hydrogen) atoms. The molecule has 0 saturated heterocycles. The van der Waals surface area contributed by atoms with Crippen molar-refractivity contribution in [3.8, 4) is 22.3 Å². The van der Waals surface area contributed by atoms with Gasteiger partial charge < -0.3 is 0 Å². The molecule has 10 rings (SSSR count). The second-order valence-corrected chi connectivity index (χ2v) is 16.2. The predicted molar refractivity (Wildman–Crippen MR) is 231 cm³/mol. The molecule has 0 fully saturated rings. The number of aryl methyl sites for hydroxylation is 2. The van der Waals surface area contributed by atoms with Gasteiger partial charge in [0.25, 0.3) is 0 Å². The summed E-state index contributed by atoms with van der Waals surface area (Å²) in [5.41, 5.74) is 12.3. The third-order valence-corrected chi connectivity index (χ3v) is 13.6. The molecule has 0 bridgehead atoms. The van der Waals surface area contributed by atoms with Crippen LogP contribution in [0.3, 0.4) is 0 Å². The monoisotopic (exact) mass is 712 g/mol. The maximum absolute atomic E-state index is 2.49. The Kier molecular flexibility index (Phi) is 7.65. The molecule has 2 heterocycles. The first-order valence-electron chi connectivity index (χ1n) is 18.3. The highest BCUT2D eigenvalue weighted by Gasteiger charge is 2.39. The Morgan fingerprint density at radius 1 is 0.321 bits per heavy atom. The molecular formula is C51H36S2. The molecule has 0 radical (unpaired) electrons. The van der Waals surface area contributed by atoms with Gasteiger partial charge >= 0.3 is 0 Å². The number of rotatable bonds is 6. The van der Waals surface area contributed by atoms with Crippen LogP contribution in [-0.4, -0.2) is 0 Å². The lowest BCUT2D eigenvalue weighted by Gasteiger charge is -2.37. The maximum atomic E-state index is 2.49. The van der Waals surface area contributed by atoms with Crippen molar-refractivity contribution >= 4 is 63.0 Å². The maximum Gasteiger partial charge on any atom is 0.0702 e. The van der Waals surface area contributed by atoms with Crippen LogP contribution in [0.5, 0.6) is 0 Å². The zero-order chi connectivity index (χ0) is 35.5. The minimum atomic E-state index is -0.561. The number of fused-ring (bicyclic) bond motifs is 6. The molecule has 2 heteroatoms. The lowest BCUT2D eigenvalue weighted by molar-refractivity contribution is 0.748. The van der Waals surface area contributed by atoms with Gasteiger partial charge in [0.2, 0.25) is 0 Å². The molecule has 0 aliphatic carbocycles. The first-order chi connectivity index (χ1) is 26.1. The van der Waals surface area contributed by atoms with Crippen LogP contribution in [0.1, 0.15) is 33.4 Å². The van der Waals surface area contributed by atoms with Gasteiger partial charge in [0, 0.05) is 40.3 Å². The topological polar surface area (TPSA) is 0 Å². The average Bonchev–Trinajstić information content (AvgIpc) is 3.78. The molecule has 0 unspecified atom stereocenters. The number of hydrogen-bond acceptors (Lipinski definition) is 2. The van der Waals surface area contributed by atoms with Crippen molar-refractivity contribution in [2.45, 2.75) is 19.3 Å². The molecule has 0 aliphatic heterocycles. The van der Waals surface area contributed by atoms with Crippen molar-refractivity contribution in [2.75, 3.05) is 0 Å². The first-order valence-corrected chi connectivity index (χ1v) is 19.9. The van der Waals surface area contributed by atoms with E-state index in [9.17, 15) is 0 Å². The lowest BCUT2D eigenvalue weighted by Crippen LogP contribution is -2.31. The first kappa shape index (κ1) is 31.9. The van der Waals surface area contributed by atoms with E-state index < -0.39 is 5.41 Å². The summed E-state index contributed by atoms with van der Waals surface area (Å²) in [7, 11) is 0. The van der Waals surface area contributed by atoms with E-state index in [1.807, 2.05) is 22.7 Å². The molecule has 0 atom stereocenters. The summed E-state index contributed by atoms with van der Waals surface area (Å²) in [6.45, 7) is 4.43. The van der Waals surface area contributed by atoms with Crippen molar-refractivity contribution in [3.05, 3.63) is 215 Å². The molecular weight excluding hydrogens is 677 g/mol. The molecule has 0 nitrogen and oxygen atoms in total. The Bertz CT molecular complexity index is 2760. The van der Waals surface area contributed by atoms with Crippen LogP contribution in [0.2, 0.25) is 0 Å². The van der Waals surface area contributed by atoms with Gasteiger partial charge in [0.15, 0.2) is 0 Å². The minimum absolute atomic E-state index is 0.561. The van der Waals surface area contributed by atoms with Crippen molar-refractivity contribution < 1.29 is 0 Å². The summed E-state index contributed by atoms with van der Waals surface area (Å²) in [6.07, 6.45) is 0. The van der Waals surface area contributed by atoms with Gasteiger partial charge in [-0.25, -0.2) is 0 Å². The van der Waals surface area contributed by atoms with Crippen LogP contribution >= 0.6 is 22.7 Å². The Labute approximate surface area is 318 Å². The van der Waals surface area contributed by atoms with E-state index in [1.54, 1.807) is 0 Å². The minimum Gasteiger partial charge on any atom is -0.135 e. The molecule has 0 N–H and O–H groups in total. The third-order valence-electron chi connectivity index (χ3n) is 11.1. The molecule has 0 saturated carbocycles. The molecule has 252 valence electrons. The predicted octanol–water partition coefficient (Wildman–Crippen LogP) is 14.8. The number of thiophene rings is 2. The van der Waals surface area contributed by atoms with Crippen molar-refractivity contribution in [3.63, 3.8) is 0 Å². The Morgan fingerprint density at radius 2 is 0.717 bits per heavy atom. The van der Waals surface area contributed by atoms with Crippen LogP contribution in [0.25, 0.3) is 62.6 Å². The Balaban J connectivity index is 1.26. The van der Waals surface area contributed by atoms with E-state index in [1.165, 1.54) is 96.0 Å². The number of hydrogen-bond donors (Lipinski definition) is 0. The van der Waals surface area contributed by atoms with Crippen molar-refractivity contribution in [2.24, 2.45) is 0 Å². The highest BCUT2D eigenvalue weighted by atomic mass is 32.1. The highest BCUT2D eigenvalue weighted by Crippen LogP contribution is 2.50. The molecule has 0 amide bonds. The molecule has 2 aromatic heterocycles. The van der Waals surface area contributed by atoms with E-state index in [4.69, 9.17) is 0 Å². The zero-order valence-corrected chi connectivity index (χ0v) is 31.3. The van der Waals surface area contributed by atoms with Crippen molar-refractivity contribution in [1.29, 1.82) is 0 Å². The standard InChI is InChI=1S/C51H36S2/c1-33-15-9-11-21-39(33)41-23-13-25-43-45-31-37(27-29-47(45)52-49(41)43)51(35-17-5-3-6-18-35,36-19-7-4-8-20-36)38-28-30-48-46(32-38)44-26-14-24-42(50(44)53-48)40-22-12-10-16-34(40)2/h3-32H,1-2H3. The SMILES string of the molecule is Cc1ccccc1-c1cccc2c1sc1ccc(C(c3ccccc3)(c3ccccc3)c3ccc4sc5c(-c6ccccc6C)cccc5c4c3)cc12. The Hall–Kier alpha value is -5.80. The number of benzene rings is 8. The van der Waals surface area contributed by atoms with Gasteiger partial charge in [0.05, 0.1) is 5.41 Å². The van der Waals surface area contributed by atoms with E-state index in [0.29, 0.717) is 0 Å². The van der Waals surface area contributed by atoms with Crippen LogP contribution < -0.4 is 0 Å². The van der Waals surface area contributed by atoms with E-state index >= 15 is 0 Å². The van der Waals surface area contributed by atoms with Gasteiger partial charge in [-0.3, -0.25) is 0 Å². The quantitative estimate of drug-likeness (QED) is 0.151. The van der Waals surface area contributed by atoms with Gasteiger partial charge in [-0.2, -0.15) is 0 Å². The molecule has 10 aromatic rings. The molecule has 0 aliphatic rings. The summed E-state index contributed by atoms with van der Waals surface area (Å²) < 4.78 is 5.30. The normalized spacial score (nSPS) is 12.0. The highest BCUT2D eigenvalue weighted by molar-refractivity contribution is 7.26. The van der Waals surface area contributed by atoms with E-state index in [-0.39, 0.29) is 0 Å². The van der Waals surface area contributed by atoms with Crippen LogP contribution in [0.15, 0.2) is 182 Å². The fourth-order valence-electron chi connectivity index (χ4n) is 8.61. The van der Waals surface area contributed by atoms with Gasteiger partial charge in [-0.1, -0.05) is 158 Å². The largest absolute Gasteiger partial charge is 0.135 e. The molecule has 8 aromatic carbocycles. The third kappa shape index (κ3) is 5.01. The van der Waals surface area contributed by atoms with Crippen LogP contribution in [-0.2, 0) is 5.41 Å². The fraction of sp³-hybridized carbons (Fsp3) is 0.0588. The average molecular weight is 713 g/mol. The second kappa shape index (κ2) is 12.7.